The van der Waals surface area contributed by atoms with E-state index >= 15 is 0 Å². The zero-order valence-corrected chi connectivity index (χ0v) is 15.9. The number of likely N-dealkylation sites (tertiary alicyclic amines) is 1. The molecule has 0 saturated carbocycles. The molecule has 2 atom stereocenters. The molecule has 0 amide bonds. The van der Waals surface area contributed by atoms with Crippen molar-refractivity contribution in [2.24, 2.45) is 0 Å². The van der Waals surface area contributed by atoms with Gasteiger partial charge in [0.1, 0.15) is 0 Å². The van der Waals surface area contributed by atoms with E-state index in [4.69, 9.17) is 4.74 Å². The lowest BCUT2D eigenvalue weighted by Crippen LogP contribution is -2.34. The number of methoxy groups -OCH3 is 1. The van der Waals surface area contributed by atoms with Crippen LogP contribution in [0.3, 0.4) is 0 Å². The van der Waals surface area contributed by atoms with Crippen LogP contribution in [0.2, 0.25) is 0 Å². The number of aliphatic hydroxyl groups excluding tert-OH is 1. The highest BCUT2D eigenvalue weighted by atomic mass is 16.5. The van der Waals surface area contributed by atoms with Gasteiger partial charge in [-0.2, -0.15) is 0 Å². The third kappa shape index (κ3) is 8.51. The number of nitrogens with zero attached hydrogens (tertiary/aromatic N) is 1. The highest BCUT2D eigenvalue weighted by Crippen LogP contribution is 2.23. The van der Waals surface area contributed by atoms with Gasteiger partial charge in [-0.3, -0.25) is 4.90 Å². The molecule has 1 saturated heterocycles. The predicted molar refractivity (Wildman–Crippen MR) is 98.9 cm³/mol. The molecule has 3 heteroatoms. The lowest BCUT2D eigenvalue weighted by molar-refractivity contribution is 0.0213. The van der Waals surface area contributed by atoms with Crippen molar-refractivity contribution in [2.75, 3.05) is 20.2 Å². The molecule has 0 radical (unpaired) electrons. The maximum Gasteiger partial charge on any atom is 0.0969 e. The lowest BCUT2D eigenvalue weighted by Gasteiger charge is -2.28. The maximum absolute atomic E-state index is 10.1. The summed E-state index contributed by atoms with van der Waals surface area (Å²) in [7, 11) is 1.72. The Kier molecular flexibility index (Phi) is 12.0. The fourth-order valence-corrected chi connectivity index (χ4v) is 3.79. The minimum atomic E-state index is -0.303. The minimum absolute atomic E-state index is 0.0117. The van der Waals surface area contributed by atoms with E-state index in [1.54, 1.807) is 7.11 Å². The van der Waals surface area contributed by atoms with Crippen LogP contribution in [0.15, 0.2) is 0 Å². The first-order valence-corrected chi connectivity index (χ1v) is 10.2. The first kappa shape index (κ1) is 20.9. The Morgan fingerprint density at radius 1 is 0.870 bits per heavy atom. The van der Waals surface area contributed by atoms with Gasteiger partial charge in [-0.05, 0) is 12.8 Å². The molecule has 23 heavy (non-hydrogen) atoms. The minimum Gasteiger partial charge on any atom is -0.389 e. The van der Waals surface area contributed by atoms with Crippen LogP contribution in [-0.4, -0.2) is 48.5 Å². The van der Waals surface area contributed by atoms with Crippen LogP contribution in [0.4, 0.5) is 0 Å². The van der Waals surface area contributed by atoms with Crippen molar-refractivity contribution in [2.45, 2.75) is 109 Å². The molecule has 3 nitrogen and oxygen atoms in total. The number of aliphatic hydroxyl groups is 1. The monoisotopic (exact) mass is 327 g/mol. The van der Waals surface area contributed by atoms with Gasteiger partial charge in [-0.25, -0.2) is 0 Å². The number of hydrogen-bond donors (Lipinski definition) is 1. The lowest BCUT2D eigenvalue weighted by atomic mass is 9.99. The van der Waals surface area contributed by atoms with E-state index in [2.05, 4.69) is 18.7 Å². The van der Waals surface area contributed by atoms with E-state index < -0.39 is 0 Å². The van der Waals surface area contributed by atoms with Crippen LogP contribution in [0.5, 0.6) is 0 Å². The molecular formula is C20H41NO2. The summed E-state index contributed by atoms with van der Waals surface area (Å²) in [6, 6.07) is 0.646. The van der Waals surface area contributed by atoms with Crippen LogP contribution < -0.4 is 0 Å². The Balaban J connectivity index is 2.35. The fraction of sp³-hybridized carbons (Fsp3) is 1.00. The van der Waals surface area contributed by atoms with Gasteiger partial charge in [0.2, 0.25) is 0 Å². The average molecular weight is 328 g/mol. The van der Waals surface area contributed by atoms with E-state index in [1.807, 2.05) is 0 Å². The van der Waals surface area contributed by atoms with Gasteiger partial charge in [0.15, 0.2) is 0 Å². The van der Waals surface area contributed by atoms with Gasteiger partial charge >= 0.3 is 0 Å². The molecule has 2 unspecified atom stereocenters. The molecule has 0 bridgehead atoms. The highest BCUT2D eigenvalue weighted by molar-refractivity contribution is 4.88. The normalized spacial score (nSPS) is 22.3. The number of hydrogen-bond acceptors (Lipinski definition) is 3. The van der Waals surface area contributed by atoms with E-state index in [0.29, 0.717) is 6.04 Å². The fourth-order valence-electron chi connectivity index (χ4n) is 3.79. The van der Waals surface area contributed by atoms with Gasteiger partial charge in [0.25, 0.3) is 0 Å². The molecule has 0 aromatic rings. The second kappa shape index (κ2) is 13.2. The summed E-state index contributed by atoms with van der Waals surface area (Å²) < 4.78 is 5.43. The Morgan fingerprint density at radius 3 is 1.83 bits per heavy atom. The van der Waals surface area contributed by atoms with Crippen molar-refractivity contribution in [1.82, 2.24) is 4.90 Å². The van der Waals surface area contributed by atoms with Crippen LogP contribution in [0, 0.1) is 0 Å². The average Bonchev–Trinajstić information content (AvgIpc) is 2.93. The number of β-amino-alcohol motifs (C(OH)–C–C–N with tert-alkyl or cyclic N) is 1. The number of unbranched alkanes of at least 4 members (excludes halogenated alkanes) is 8. The summed E-state index contributed by atoms with van der Waals surface area (Å²) in [5.41, 5.74) is 0. The summed E-state index contributed by atoms with van der Waals surface area (Å²) in [4.78, 5) is 2.50. The SMILES string of the molecule is CCCCCCCC(CCCCCCC)N1CC(O)C(OC)C1. The van der Waals surface area contributed by atoms with Crippen molar-refractivity contribution in [3.05, 3.63) is 0 Å². The summed E-state index contributed by atoms with van der Waals surface area (Å²) in [6.07, 6.45) is 15.8. The molecule has 1 N–H and O–H groups in total. The quantitative estimate of drug-likeness (QED) is 0.467. The van der Waals surface area contributed by atoms with Crippen molar-refractivity contribution >= 4 is 0 Å². The molecule has 1 aliphatic heterocycles. The zero-order chi connectivity index (χ0) is 16.9. The van der Waals surface area contributed by atoms with Gasteiger partial charge in [-0.1, -0.05) is 78.1 Å². The summed E-state index contributed by atoms with van der Waals surface area (Å²) in [5.74, 6) is 0. The predicted octanol–water partition coefficient (Wildman–Crippen LogP) is 4.77. The highest BCUT2D eigenvalue weighted by Gasteiger charge is 2.34. The standard InChI is InChI=1S/C20H41NO2/c1-4-6-8-10-12-14-18(15-13-11-9-7-5-2)21-16-19(22)20(17-21)23-3/h18-20,22H,4-17H2,1-3H3. The number of rotatable bonds is 14. The van der Waals surface area contributed by atoms with Crippen LogP contribution in [-0.2, 0) is 4.74 Å². The molecule has 138 valence electrons. The third-order valence-corrected chi connectivity index (χ3v) is 5.37. The van der Waals surface area contributed by atoms with Crippen LogP contribution >= 0.6 is 0 Å². The van der Waals surface area contributed by atoms with Crippen molar-refractivity contribution in [1.29, 1.82) is 0 Å². The Labute approximate surface area is 144 Å². The Morgan fingerprint density at radius 2 is 1.39 bits per heavy atom. The van der Waals surface area contributed by atoms with Crippen LogP contribution in [0.25, 0.3) is 0 Å². The first-order chi connectivity index (χ1) is 11.2. The summed E-state index contributed by atoms with van der Waals surface area (Å²) in [6.45, 7) is 6.25. The maximum atomic E-state index is 10.1. The molecule has 0 spiro atoms. The smallest absolute Gasteiger partial charge is 0.0969 e. The second-order valence-electron chi connectivity index (χ2n) is 7.36. The molecule has 0 aromatic heterocycles. The van der Waals surface area contributed by atoms with E-state index in [1.165, 1.54) is 77.0 Å². The molecule has 1 rings (SSSR count). The van der Waals surface area contributed by atoms with Gasteiger partial charge in [0, 0.05) is 26.2 Å². The van der Waals surface area contributed by atoms with Crippen LogP contribution in [0.1, 0.15) is 90.9 Å². The Bertz CT molecular complexity index is 258. The van der Waals surface area contributed by atoms with E-state index in [9.17, 15) is 5.11 Å². The van der Waals surface area contributed by atoms with Crippen molar-refractivity contribution < 1.29 is 9.84 Å². The molecule has 0 aromatic carbocycles. The van der Waals surface area contributed by atoms with Crippen molar-refractivity contribution in [3.8, 4) is 0 Å². The molecule has 0 aliphatic carbocycles. The number of ether oxygens (including phenoxy) is 1. The first-order valence-electron chi connectivity index (χ1n) is 10.2. The molecule has 1 heterocycles. The molecule has 1 fully saturated rings. The molecular weight excluding hydrogens is 286 g/mol. The zero-order valence-electron chi connectivity index (χ0n) is 15.9. The Hall–Kier alpha value is -0.120. The molecule has 1 aliphatic rings. The van der Waals surface area contributed by atoms with Gasteiger partial charge in [0.05, 0.1) is 12.2 Å². The topological polar surface area (TPSA) is 32.7 Å². The van der Waals surface area contributed by atoms with E-state index in [-0.39, 0.29) is 12.2 Å². The van der Waals surface area contributed by atoms with Crippen molar-refractivity contribution in [3.63, 3.8) is 0 Å². The van der Waals surface area contributed by atoms with E-state index in [0.717, 1.165) is 13.1 Å². The largest absolute Gasteiger partial charge is 0.389 e. The summed E-state index contributed by atoms with van der Waals surface area (Å²) in [5, 5.41) is 10.1. The second-order valence-corrected chi connectivity index (χ2v) is 7.36. The van der Waals surface area contributed by atoms with Gasteiger partial charge in [-0.15, -0.1) is 0 Å². The third-order valence-electron chi connectivity index (χ3n) is 5.37. The summed E-state index contributed by atoms with van der Waals surface area (Å²) >= 11 is 0. The van der Waals surface area contributed by atoms with Gasteiger partial charge < -0.3 is 9.84 Å².